The number of benzene rings is 1. The molecule has 1 fully saturated rings. The number of fused-ring (bicyclic) bond motifs is 1. The van der Waals surface area contributed by atoms with E-state index in [2.05, 4.69) is 28.2 Å². The van der Waals surface area contributed by atoms with Crippen molar-refractivity contribution in [3.8, 4) is 0 Å². The van der Waals surface area contributed by atoms with E-state index < -0.39 is 47.5 Å². The molecule has 1 aliphatic rings. The topological polar surface area (TPSA) is 149 Å². The molecule has 0 saturated heterocycles. The zero-order valence-electron chi connectivity index (χ0n) is 18.8. The number of nitrogens with one attached hydrogen (secondary N) is 3. The van der Waals surface area contributed by atoms with Gasteiger partial charge in [0.1, 0.15) is 12.1 Å². The van der Waals surface area contributed by atoms with E-state index in [0.717, 1.165) is 36.6 Å². The molecule has 2 aromatic rings. The molecule has 0 spiro atoms. The summed E-state index contributed by atoms with van der Waals surface area (Å²) in [5, 5.41) is 23.9. The highest BCUT2D eigenvalue weighted by Gasteiger charge is 2.31. The second-order valence-electron chi connectivity index (χ2n) is 8.88. The van der Waals surface area contributed by atoms with Crippen LogP contribution in [0.2, 0.25) is 0 Å². The number of aromatic amines is 1. The molecular weight excluding hydrogens is 458 g/mol. The first-order chi connectivity index (χ1) is 16.2. The number of para-hydroxylation sites is 1. The lowest BCUT2D eigenvalue weighted by atomic mass is 9.86. The highest BCUT2D eigenvalue weighted by molar-refractivity contribution is 7.81. The molecule has 3 rings (SSSR count). The van der Waals surface area contributed by atoms with Gasteiger partial charge in [-0.25, -0.2) is 4.79 Å². The maximum atomic E-state index is 12.8. The Morgan fingerprint density at radius 2 is 1.68 bits per heavy atom. The monoisotopic (exact) mass is 489 g/mol. The van der Waals surface area contributed by atoms with Gasteiger partial charge in [0.05, 0.1) is 11.7 Å². The number of amides is 2. The Labute approximate surface area is 203 Å². The zero-order valence-corrected chi connectivity index (χ0v) is 19.7. The molecule has 0 radical (unpaired) electrons. The van der Waals surface area contributed by atoms with Crippen LogP contribution in [0.3, 0.4) is 0 Å². The second-order valence-corrected chi connectivity index (χ2v) is 9.50. The molecule has 1 aliphatic carbocycles. The molecule has 0 aliphatic heterocycles. The molecule has 1 heterocycles. The van der Waals surface area contributed by atoms with E-state index in [0.29, 0.717) is 17.9 Å². The van der Waals surface area contributed by atoms with E-state index in [9.17, 15) is 29.4 Å². The average molecular weight is 490 g/mol. The van der Waals surface area contributed by atoms with E-state index in [1.165, 1.54) is 6.42 Å². The van der Waals surface area contributed by atoms with Crippen LogP contribution in [0, 0.1) is 5.92 Å². The Kier molecular flexibility index (Phi) is 8.98. The largest absolute Gasteiger partial charge is 0.481 e. The Bertz CT molecular complexity index is 1030. The van der Waals surface area contributed by atoms with Gasteiger partial charge in [0, 0.05) is 23.5 Å². The van der Waals surface area contributed by atoms with E-state index in [-0.39, 0.29) is 6.42 Å². The summed E-state index contributed by atoms with van der Waals surface area (Å²) in [6.45, 7) is 0. The molecular formula is C24H31N3O6S. The fourth-order valence-electron chi connectivity index (χ4n) is 4.49. The van der Waals surface area contributed by atoms with Gasteiger partial charge in [-0.2, -0.15) is 12.6 Å². The number of hydrogen-bond acceptors (Lipinski definition) is 5. The lowest BCUT2D eigenvalue weighted by Gasteiger charge is -2.25. The number of carbonyl (C=O) groups excluding carboxylic acids is 2. The molecule has 1 saturated carbocycles. The summed E-state index contributed by atoms with van der Waals surface area (Å²) in [6.07, 6.45) is 7.03. The predicted octanol–water partition coefficient (Wildman–Crippen LogP) is 2.51. The van der Waals surface area contributed by atoms with Gasteiger partial charge in [-0.1, -0.05) is 50.3 Å². The van der Waals surface area contributed by atoms with Crippen molar-refractivity contribution >= 4 is 47.3 Å². The molecule has 2 amide bonds. The van der Waals surface area contributed by atoms with Crippen LogP contribution in [0.4, 0.5) is 0 Å². The van der Waals surface area contributed by atoms with Crippen molar-refractivity contribution < 1.29 is 29.4 Å². The van der Waals surface area contributed by atoms with Crippen molar-refractivity contribution in [3.63, 3.8) is 0 Å². The van der Waals surface area contributed by atoms with Crippen molar-refractivity contribution in [2.24, 2.45) is 5.92 Å². The third kappa shape index (κ3) is 6.99. The Hall–Kier alpha value is -3.01. The van der Waals surface area contributed by atoms with Crippen LogP contribution in [0.15, 0.2) is 30.5 Å². The molecule has 10 heteroatoms. The smallest absolute Gasteiger partial charge is 0.326 e. The van der Waals surface area contributed by atoms with Crippen molar-refractivity contribution in [1.82, 2.24) is 15.6 Å². The summed E-state index contributed by atoms with van der Waals surface area (Å²) in [4.78, 5) is 51.7. The zero-order chi connectivity index (χ0) is 24.7. The summed E-state index contributed by atoms with van der Waals surface area (Å²) in [6, 6.07) is 4.67. The quantitative estimate of drug-likeness (QED) is 0.267. The molecule has 3 atom stereocenters. The third-order valence-electron chi connectivity index (χ3n) is 6.31. The number of carboxylic acids is 2. The summed E-state index contributed by atoms with van der Waals surface area (Å²) in [7, 11) is 0. The normalized spacial score (nSPS) is 17.0. The van der Waals surface area contributed by atoms with E-state index >= 15 is 0 Å². The Morgan fingerprint density at radius 3 is 2.35 bits per heavy atom. The standard InChI is InChI=1S/C24H31N3O6S/c28-21(29)12-18(26-23(31)20(34)10-14-6-2-1-3-7-14)22(30)27-19(24(32)33)11-15-13-25-17-9-5-4-8-16(15)17/h4-5,8-9,13-14,18-20,25,34H,1-3,6-7,10-12H2,(H,26,31)(H,27,30)(H,28,29)(H,32,33). The van der Waals surface area contributed by atoms with Crippen LogP contribution in [-0.2, 0) is 25.6 Å². The molecule has 34 heavy (non-hydrogen) atoms. The summed E-state index contributed by atoms with van der Waals surface area (Å²) in [5.74, 6) is -3.56. The van der Waals surface area contributed by atoms with Gasteiger partial charge >= 0.3 is 11.9 Å². The van der Waals surface area contributed by atoms with Crippen molar-refractivity contribution in [2.45, 2.75) is 68.7 Å². The first-order valence-electron chi connectivity index (χ1n) is 11.5. The van der Waals surface area contributed by atoms with Crippen LogP contribution in [0.1, 0.15) is 50.5 Å². The van der Waals surface area contributed by atoms with Crippen LogP contribution >= 0.6 is 12.6 Å². The number of carbonyl (C=O) groups is 4. The third-order valence-corrected chi connectivity index (χ3v) is 6.75. The maximum Gasteiger partial charge on any atom is 0.326 e. The van der Waals surface area contributed by atoms with E-state index in [1.54, 1.807) is 6.20 Å². The highest BCUT2D eigenvalue weighted by Crippen LogP contribution is 2.28. The number of H-pyrrole nitrogens is 1. The highest BCUT2D eigenvalue weighted by atomic mass is 32.1. The first-order valence-corrected chi connectivity index (χ1v) is 12.0. The van der Waals surface area contributed by atoms with Gasteiger partial charge in [0.2, 0.25) is 11.8 Å². The minimum absolute atomic E-state index is 0.00427. The lowest BCUT2D eigenvalue weighted by molar-refractivity contribution is -0.143. The molecule has 3 unspecified atom stereocenters. The van der Waals surface area contributed by atoms with E-state index in [4.69, 9.17) is 0 Å². The fourth-order valence-corrected chi connectivity index (χ4v) is 4.86. The number of hydrogen-bond donors (Lipinski definition) is 6. The van der Waals surface area contributed by atoms with Crippen LogP contribution < -0.4 is 10.6 Å². The number of aliphatic carboxylic acids is 2. The minimum Gasteiger partial charge on any atom is -0.481 e. The first kappa shape index (κ1) is 25.6. The van der Waals surface area contributed by atoms with Crippen LogP contribution in [-0.4, -0.2) is 56.3 Å². The van der Waals surface area contributed by atoms with Gasteiger partial charge < -0.3 is 25.8 Å². The van der Waals surface area contributed by atoms with Gasteiger partial charge in [0.25, 0.3) is 0 Å². The van der Waals surface area contributed by atoms with Gasteiger partial charge in [-0.15, -0.1) is 0 Å². The van der Waals surface area contributed by atoms with Crippen molar-refractivity contribution in [1.29, 1.82) is 0 Å². The summed E-state index contributed by atoms with van der Waals surface area (Å²) in [5.41, 5.74) is 1.53. The molecule has 9 nitrogen and oxygen atoms in total. The number of rotatable bonds is 11. The number of thiol groups is 1. The predicted molar refractivity (Wildman–Crippen MR) is 130 cm³/mol. The SMILES string of the molecule is O=C(O)CC(NC(=O)C(S)CC1CCCCC1)C(=O)NC(Cc1c[nH]c2ccccc12)C(=O)O. The number of aromatic nitrogens is 1. The summed E-state index contributed by atoms with van der Waals surface area (Å²) >= 11 is 4.38. The van der Waals surface area contributed by atoms with Crippen LogP contribution in [0.5, 0.6) is 0 Å². The van der Waals surface area contributed by atoms with Crippen molar-refractivity contribution in [2.75, 3.05) is 0 Å². The molecule has 1 aromatic carbocycles. The van der Waals surface area contributed by atoms with Crippen molar-refractivity contribution in [3.05, 3.63) is 36.0 Å². The van der Waals surface area contributed by atoms with Gasteiger partial charge in [-0.05, 0) is 24.0 Å². The molecule has 5 N–H and O–H groups in total. The summed E-state index contributed by atoms with van der Waals surface area (Å²) < 4.78 is 0. The minimum atomic E-state index is -1.41. The average Bonchev–Trinajstić information content (AvgIpc) is 3.21. The lowest BCUT2D eigenvalue weighted by Crippen LogP contribution is -2.54. The molecule has 184 valence electrons. The molecule has 1 aromatic heterocycles. The Morgan fingerprint density at radius 1 is 1.00 bits per heavy atom. The second kappa shape index (κ2) is 11.9. The Balaban J connectivity index is 1.65. The fraction of sp³-hybridized carbons (Fsp3) is 0.500. The van der Waals surface area contributed by atoms with Gasteiger partial charge in [0.15, 0.2) is 0 Å². The maximum absolute atomic E-state index is 12.8. The van der Waals surface area contributed by atoms with Crippen LogP contribution in [0.25, 0.3) is 10.9 Å². The van der Waals surface area contributed by atoms with E-state index in [1.807, 2.05) is 24.3 Å². The molecule has 0 bridgehead atoms. The number of carboxylic acid groups (broad SMARTS) is 2. The van der Waals surface area contributed by atoms with Gasteiger partial charge in [-0.3, -0.25) is 14.4 Å².